The van der Waals surface area contributed by atoms with Crippen molar-refractivity contribution in [1.29, 1.82) is 0 Å². The molecule has 2 amide bonds. The lowest BCUT2D eigenvalue weighted by atomic mass is 10.1. The highest BCUT2D eigenvalue weighted by Crippen LogP contribution is 2.18. The van der Waals surface area contributed by atoms with Gasteiger partial charge in [0.15, 0.2) is 0 Å². The van der Waals surface area contributed by atoms with E-state index in [0.717, 1.165) is 0 Å². The minimum absolute atomic E-state index is 0.0268. The van der Waals surface area contributed by atoms with Crippen LogP contribution in [0.3, 0.4) is 0 Å². The second kappa shape index (κ2) is 3.09. The highest BCUT2D eigenvalue weighted by atomic mass is 16.5. The molecule has 0 aliphatic rings. The van der Waals surface area contributed by atoms with Gasteiger partial charge >= 0.3 is 0 Å². The zero-order valence-corrected chi connectivity index (χ0v) is 7.56. The lowest BCUT2D eigenvalue weighted by Gasteiger charge is -1.93. The Morgan fingerprint density at radius 3 is 2.53 bits per heavy atom. The molecule has 0 spiro atoms. The number of hydrogen-bond acceptors (Lipinski definition) is 4. The number of aromatic nitrogens is 1. The van der Waals surface area contributed by atoms with Crippen LogP contribution in [-0.2, 0) is 0 Å². The number of amides is 2. The van der Waals surface area contributed by atoms with E-state index in [1.165, 1.54) is 18.2 Å². The van der Waals surface area contributed by atoms with Crippen LogP contribution in [-0.4, -0.2) is 17.0 Å². The van der Waals surface area contributed by atoms with E-state index >= 15 is 0 Å². The summed E-state index contributed by atoms with van der Waals surface area (Å²) >= 11 is 0. The third-order valence-corrected chi connectivity index (χ3v) is 1.99. The van der Waals surface area contributed by atoms with E-state index in [9.17, 15) is 9.59 Å². The number of rotatable bonds is 2. The highest BCUT2D eigenvalue weighted by molar-refractivity contribution is 6.04. The molecule has 0 aliphatic carbocycles. The quantitative estimate of drug-likeness (QED) is 0.719. The van der Waals surface area contributed by atoms with Crippen molar-refractivity contribution in [3.8, 4) is 0 Å². The molecule has 1 aromatic heterocycles. The van der Waals surface area contributed by atoms with Gasteiger partial charge in [-0.15, -0.1) is 0 Å². The van der Waals surface area contributed by atoms with Crippen LogP contribution in [0.25, 0.3) is 10.9 Å². The number of hydrogen-bond donors (Lipinski definition) is 2. The van der Waals surface area contributed by atoms with Crippen molar-refractivity contribution in [3.05, 3.63) is 29.5 Å². The predicted octanol–water partition coefficient (Wildman–Crippen LogP) is 0.0256. The molecule has 1 aromatic carbocycles. The number of carbonyl (C=O) groups is 2. The molecule has 6 heteroatoms. The first-order chi connectivity index (χ1) is 7.09. The number of fused-ring (bicyclic) bond motifs is 1. The molecular formula is C9H7N3O3. The van der Waals surface area contributed by atoms with E-state index in [1.807, 2.05) is 0 Å². The Morgan fingerprint density at radius 1 is 1.20 bits per heavy atom. The van der Waals surface area contributed by atoms with Crippen LogP contribution in [0.2, 0.25) is 0 Å². The average molecular weight is 205 g/mol. The van der Waals surface area contributed by atoms with E-state index in [1.54, 1.807) is 0 Å². The second-order valence-electron chi connectivity index (χ2n) is 2.97. The van der Waals surface area contributed by atoms with Crippen LogP contribution in [0.15, 0.2) is 22.7 Å². The third-order valence-electron chi connectivity index (χ3n) is 1.99. The van der Waals surface area contributed by atoms with E-state index < -0.39 is 11.8 Å². The van der Waals surface area contributed by atoms with Gasteiger partial charge in [0.1, 0.15) is 5.52 Å². The molecule has 15 heavy (non-hydrogen) atoms. The summed E-state index contributed by atoms with van der Waals surface area (Å²) in [5.74, 6) is -1.30. The zero-order valence-electron chi connectivity index (χ0n) is 7.56. The molecule has 6 nitrogen and oxygen atoms in total. The van der Waals surface area contributed by atoms with Crippen molar-refractivity contribution in [3.63, 3.8) is 0 Å². The molecule has 0 fully saturated rings. The van der Waals surface area contributed by atoms with Gasteiger partial charge in [0, 0.05) is 5.56 Å². The van der Waals surface area contributed by atoms with Gasteiger partial charge in [0.2, 0.25) is 11.7 Å². The van der Waals surface area contributed by atoms with Gasteiger partial charge < -0.3 is 16.0 Å². The molecule has 4 N–H and O–H groups in total. The fourth-order valence-corrected chi connectivity index (χ4v) is 1.27. The largest absolute Gasteiger partial charge is 0.366 e. The van der Waals surface area contributed by atoms with E-state index in [4.69, 9.17) is 16.0 Å². The summed E-state index contributed by atoms with van der Waals surface area (Å²) in [6.45, 7) is 0. The molecule has 1 heterocycles. The summed E-state index contributed by atoms with van der Waals surface area (Å²) in [5.41, 5.74) is 10.8. The predicted molar refractivity (Wildman–Crippen MR) is 51.0 cm³/mol. The second-order valence-corrected chi connectivity index (χ2v) is 2.97. The SMILES string of the molecule is NC(=O)c1ccc2c(C(N)=O)onc2c1. The van der Waals surface area contributed by atoms with Crippen LogP contribution in [0.4, 0.5) is 0 Å². The average Bonchev–Trinajstić information content (AvgIpc) is 2.59. The zero-order chi connectivity index (χ0) is 11.0. The van der Waals surface area contributed by atoms with Gasteiger partial charge in [-0.2, -0.15) is 0 Å². The number of primary amides is 2. The molecule has 0 unspecified atom stereocenters. The number of nitrogens with two attached hydrogens (primary N) is 2. The third kappa shape index (κ3) is 1.41. The smallest absolute Gasteiger partial charge is 0.287 e. The van der Waals surface area contributed by atoms with Crippen LogP contribution in [0, 0.1) is 0 Å². The molecule has 0 radical (unpaired) electrons. The van der Waals surface area contributed by atoms with Gasteiger partial charge in [-0.25, -0.2) is 0 Å². The van der Waals surface area contributed by atoms with Crippen LogP contribution in [0.5, 0.6) is 0 Å². The lowest BCUT2D eigenvalue weighted by molar-refractivity contribution is 0.0965. The summed E-state index contributed by atoms with van der Waals surface area (Å²) in [4.78, 5) is 21.7. The molecule has 2 aromatic rings. The summed E-state index contributed by atoms with van der Waals surface area (Å²) < 4.78 is 4.73. The molecule has 0 aliphatic heterocycles. The van der Waals surface area contributed by atoms with Crippen molar-refractivity contribution < 1.29 is 14.1 Å². The lowest BCUT2D eigenvalue weighted by Crippen LogP contribution is -2.11. The minimum atomic E-state index is -0.704. The Kier molecular flexibility index (Phi) is 1.89. The molecule has 0 saturated carbocycles. The van der Waals surface area contributed by atoms with Crippen molar-refractivity contribution in [2.75, 3.05) is 0 Å². The molecular weight excluding hydrogens is 198 g/mol. The maximum absolute atomic E-state index is 10.9. The fraction of sp³-hybridized carbons (Fsp3) is 0. The molecule has 0 bridgehead atoms. The molecule has 2 rings (SSSR count). The highest BCUT2D eigenvalue weighted by Gasteiger charge is 2.14. The molecule has 0 atom stereocenters. The first kappa shape index (κ1) is 9.20. The maximum atomic E-state index is 10.9. The van der Waals surface area contributed by atoms with Crippen molar-refractivity contribution in [2.24, 2.45) is 11.5 Å². The standard InChI is InChI=1S/C9H7N3O3/c10-8(13)4-1-2-5-6(3-4)12-15-7(5)9(11)14/h1-3H,(H2,10,13)(H2,11,14). The molecule has 0 saturated heterocycles. The van der Waals surface area contributed by atoms with Crippen LogP contribution < -0.4 is 11.5 Å². The van der Waals surface area contributed by atoms with Crippen LogP contribution in [0.1, 0.15) is 20.9 Å². The molecule has 76 valence electrons. The summed E-state index contributed by atoms with van der Waals surface area (Å²) in [6.07, 6.45) is 0. The Morgan fingerprint density at radius 2 is 1.93 bits per heavy atom. The number of nitrogens with zero attached hydrogens (tertiary/aromatic N) is 1. The van der Waals surface area contributed by atoms with Crippen molar-refractivity contribution in [1.82, 2.24) is 5.16 Å². The Labute approximate surface area is 83.8 Å². The Bertz CT molecular complexity index is 559. The van der Waals surface area contributed by atoms with E-state index in [2.05, 4.69) is 5.16 Å². The maximum Gasteiger partial charge on any atom is 0.287 e. The normalized spacial score (nSPS) is 10.4. The Hall–Kier alpha value is -2.37. The topological polar surface area (TPSA) is 112 Å². The van der Waals surface area contributed by atoms with Crippen LogP contribution >= 0.6 is 0 Å². The van der Waals surface area contributed by atoms with E-state index in [-0.39, 0.29) is 5.76 Å². The van der Waals surface area contributed by atoms with Crippen molar-refractivity contribution in [2.45, 2.75) is 0 Å². The fourth-order valence-electron chi connectivity index (χ4n) is 1.27. The Balaban J connectivity index is 2.66. The van der Waals surface area contributed by atoms with Gasteiger partial charge in [-0.05, 0) is 18.2 Å². The summed E-state index contributed by atoms with van der Waals surface area (Å²) in [5, 5.41) is 4.06. The van der Waals surface area contributed by atoms with Gasteiger partial charge in [0.05, 0.1) is 5.39 Å². The van der Waals surface area contributed by atoms with Gasteiger partial charge in [-0.1, -0.05) is 5.16 Å². The monoisotopic (exact) mass is 205 g/mol. The van der Waals surface area contributed by atoms with Crippen molar-refractivity contribution >= 4 is 22.7 Å². The summed E-state index contributed by atoms with van der Waals surface area (Å²) in [6, 6.07) is 4.44. The van der Waals surface area contributed by atoms with E-state index in [0.29, 0.717) is 16.5 Å². The minimum Gasteiger partial charge on any atom is -0.366 e. The van der Waals surface area contributed by atoms with Gasteiger partial charge in [0.25, 0.3) is 5.91 Å². The summed E-state index contributed by atoms with van der Waals surface area (Å²) in [7, 11) is 0. The number of benzene rings is 1. The first-order valence-electron chi connectivity index (χ1n) is 4.08. The van der Waals surface area contributed by atoms with Gasteiger partial charge in [-0.3, -0.25) is 9.59 Å². The number of carbonyl (C=O) groups excluding carboxylic acids is 2. The first-order valence-corrected chi connectivity index (χ1v) is 4.08.